The summed E-state index contributed by atoms with van der Waals surface area (Å²) in [6.07, 6.45) is 1.25. The van der Waals surface area contributed by atoms with Crippen LogP contribution in [0.1, 0.15) is 117 Å². The number of hydrogen-bond acceptors (Lipinski definition) is 16. The van der Waals surface area contributed by atoms with Crippen molar-refractivity contribution in [2.45, 2.75) is 178 Å². The minimum Gasteiger partial charge on any atom is -0.396 e. The third kappa shape index (κ3) is 13.8. The first-order valence-electron chi connectivity index (χ1n) is 24.4. The molecule has 0 amide bonds. The van der Waals surface area contributed by atoms with Gasteiger partial charge in [-0.1, -0.05) is 104 Å². The monoisotopic (exact) mass is 1060 g/mol. The smallest absolute Gasteiger partial charge is 0.396 e. The van der Waals surface area contributed by atoms with Crippen molar-refractivity contribution in [2.75, 3.05) is 26.4 Å². The summed E-state index contributed by atoms with van der Waals surface area (Å²) in [7, 11) is -35.9. The summed E-state index contributed by atoms with van der Waals surface area (Å²) < 4.78 is 108. The van der Waals surface area contributed by atoms with Crippen molar-refractivity contribution in [2.24, 2.45) is 46.8 Å². The fraction of sp³-hybridized carbons (Fsp3) is 1.00. The Morgan fingerprint density at radius 1 is 0.438 bits per heavy atom. The Kier molecular flexibility index (Phi) is 18.6. The van der Waals surface area contributed by atoms with Gasteiger partial charge in [-0.2, -0.15) is 0 Å². The van der Waals surface area contributed by atoms with Crippen molar-refractivity contribution in [1.29, 1.82) is 0 Å². The molecule has 64 heavy (non-hydrogen) atoms. The summed E-state index contributed by atoms with van der Waals surface area (Å²) in [4.78, 5) is 0. The molecule has 376 valence electrons. The van der Waals surface area contributed by atoms with E-state index in [2.05, 4.69) is 110 Å². The molecular weight excluding hydrogens is 977 g/mol. The average molecular weight is 1070 g/mol. The van der Waals surface area contributed by atoms with Crippen LogP contribution >= 0.6 is 0 Å². The molecule has 6 saturated heterocycles. The van der Waals surface area contributed by atoms with E-state index >= 15 is 0 Å². The minimum absolute atomic E-state index is 0.0345. The lowest BCUT2D eigenvalue weighted by Crippen LogP contribution is -2.89. The van der Waals surface area contributed by atoms with Crippen molar-refractivity contribution in [1.82, 2.24) is 0 Å². The van der Waals surface area contributed by atoms with E-state index in [-0.39, 0.29) is 61.2 Å². The van der Waals surface area contributed by atoms with Crippen LogP contribution in [0.3, 0.4) is 0 Å². The molecule has 0 atom stereocenters. The number of ether oxygens (including phenoxy) is 1. The van der Waals surface area contributed by atoms with Crippen LogP contribution in [0.5, 0.6) is 0 Å². The topological polar surface area (TPSA) is 170 Å². The Hall–Kier alpha value is 1.31. The summed E-state index contributed by atoms with van der Waals surface area (Å²) in [5.74, 6) is 0.410. The molecule has 6 rings (SSSR count). The second-order valence-corrected chi connectivity index (χ2v) is 50.9. The van der Waals surface area contributed by atoms with E-state index in [0.29, 0.717) is 67.8 Å². The highest BCUT2D eigenvalue weighted by atomic mass is 28.6. The number of aliphatic hydroxyl groups excluding tert-OH is 2. The van der Waals surface area contributed by atoms with Crippen LogP contribution in [0.2, 0.25) is 61.4 Å². The first-order valence-corrected chi connectivity index (χ1v) is 42.7. The fourth-order valence-corrected chi connectivity index (χ4v) is 63.8. The minimum atomic E-state index is -4.59. The molecule has 25 heteroatoms. The lowest BCUT2D eigenvalue weighted by Gasteiger charge is -2.63. The van der Waals surface area contributed by atoms with E-state index in [1.165, 1.54) is 0 Å². The van der Waals surface area contributed by atoms with Gasteiger partial charge in [0.2, 0.25) is 0 Å². The maximum absolute atomic E-state index is 10.0. The number of aliphatic hydroxyl groups is 2. The first-order chi connectivity index (χ1) is 29.5. The molecule has 0 radical (unpaired) electrons. The van der Waals surface area contributed by atoms with Gasteiger partial charge in [0, 0.05) is 54.3 Å². The molecule has 16 nitrogen and oxygen atoms in total. The van der Waals surface area contributed by atoms with Crippen molar-refractivity contribution in [3.8, 4) is 0 Å². The molecule has 0 spiro atoms. The van der Waals surface area contributed by atoms with Crippen LogP contribution in [-0.2, 0) is 58.2 Å². The Morgan fingerprint density at radius 3 is 0.906 bits per heavy atom. The quantitative estimate of drug-likeness (QED) is 0.0656. The Balaban J connectivity index is 1.82. The summed E-state index contributed by atoms with van der Waals surface area (Å²) in [6, 6.07) is 3.54. The molecule has 8 bridgehead atoms. The normalized spacial score (nSPS) is 36.8. The molecule has 0 aromatic carbocycles. The third-order valence-electron chi connectivity index (χ3n) is 11.5. The molecule has 0 unspecified atom stereocenters. The largest absolute Gasteiger partial charge is 0.646 e. The van der Waals surface area contributed by atoms with Crippen molar-refractivity contribution >= 4 is 79.0 Å². The van der Waals surface area contributed by atoms with Crippen LogP contribution in [0.15, 0.2) is 0 Å². The molecular formula is C39H88O16Si9. The zero-order valence-electron chi connectivity index (χ0n) is 42.6. The van der Waals surface area contributed by atoms with E-state index < -0.39 is 84.4 Å². The summed E-state index contributed by atoms with van der Waals surface area (Å²) >= 11 is 0. The second-order valence-electron chi connectivity index (χ2n) is 22.9. The molecule has 6 aliphatic rings. The number of hydrogen-bond donors (Lipinski definition) is 2. The first kappa shape index (κ1) is 56.2. The Morgan fingerprint density at radius 2 is 0.688 bits per heavy atom. The number of rotatable bonds is 25. The lowest BCUT2D eigenvalue weighted by molar-refractivity contribution is -0.0507. The van der Waals surface area contributed by atoms with Crippen LogP contribution in [0.25, 0.3) is 0 Å². The van der Waals surface area contributed by atoms with Crippen molar-refractivity contribution < 1.29 is 68.4 Å². The van der Waals surface area contributed by atoms with Crippen LogP contribution in [0.4, 0.5) is 0 Å². The van der Waals surface area contributed by atoms with Gasteiger partial charge in [0.25, 0.3) is 0 Å². The molecule has 0 aromatic heterocycles. The van der Waals surface area contributed by atoms with E-state index in [0.717, 1.165) is 0 Å². The molecule has 6 fully saturated rings. The Bertz CT molecular complexity index is 1370. The van der Waals surface area contributed by atoms with E-state index in [1.807, 2.05) is 6.92 Å². The Labute approximate surface area is 396 Å². The van der Waals surface area contributed by atoms with Gasteiger partial charge in [-0.05, 0) is 73.4 Å². The lowest BCUT2D eigenvalue weighted by atomic mass is 9.88. The predicted octanol–water partition coefficient (Wildman–Crippen LogP) is 8.86. The third-order valence-corrected chi connectivity index (χ3v) is 54.7. The maximum atomic E-state index is 10.0. The molecule has 0 saturated carbocycles. The van der Waals surface area contributed by atoms with Gasteiger partial charge in [0.1, 0.15) is 0 Å². The van der Waals surface area contributed by atoms with Crippen LogP contribution in [0, 0.1) is 46.8 Å². The molecule has 0 aliphatic carbocycles. The zero-order valence-corrected chi connectivity index (χ0v) is 51.6. The van der Waals surface area contributed by atoms with Gasteiger partial charge in [0.05, 0.1) is 19.8 Å². The van der Waals surface area contributed by atoms with E-state index in [1.54, 1.807) is 0 Å². The van der Waals surface area contributed by atoms with Gasteiger partial charge in [-0.3, -0.25) is 0 Å². The average Bonchev–Trinajstić information content (AvgIpc) is 3.04. The molecule has 6 aliphatic heterocycles. The zero-order chi connectivity index (χ0) is 47.8. The molecule has 6 heterocycles. The molecule has 0 aromatic rings. The maximum Gasteiger partial charge on any atom is 0.646 e. The van der Waals surface area contributed by atoms with Crippen molar-refractivity contribution in [3.05, 3.63) is 0 Å². The summed E-state index contributed by atoms with van der Waals surface area (Å²) in [5, 5.41) is 20.1. The van der Waals surface area contributed by atoms with Gasteiger partial charge in [-0.25, -0.2) is 0 Å². The highest BCUT2D eigenvalue weighted by molar-refractivity contribution is 7.03. The second kappa shape index (κ2) is 21.2. The van der Waals surface area contributed by atoms with Gasteiger partial charge in [-0.15, -0.1) is 0 Å². The standard InChI is InChI=1S/C39H88O16Si9/c1-18-39(29-40,30-41)31-42-20-19-21-56(16,17)43-64-53-61(26-36(10)11)47-58(23-33(4)5)44-57(22-32(2)3)45-59(49-61,24-34(6)7)51-63(55-64,28-38(14)15)52-60(46-57,25-35(8)9)50-62(48-58,54-64)27-37(12)13/h32-38,40-41H,18-31H2,1-17H3. The summed E-state index contributed by atoms with van der Waals surface area (Å²) in [6.45, 7) is 36.6. The van der Waals surface area contributed by atoms with Crippen molar-refractivity contribution in [3.63, 3.8) is 0 Å². The van der Waals surface area contributed by atoms with E-state index in [9.17, 15) is 10.2 Å². The van der Waals surface area contributed by atoms with Gasteiger partial charge < -0.3 is 68.4 Å². The highest BCUT2D eigenvalue weighted by Crippen LogP contribution is 2.56. The highest BCUT2D eigenvalue weighted by Gasteiger charge is 2.84. The predicted molar refractivity (Wildman–Crippen MR) is 262 cm³/mol. The van der Waals surface area contributed by atoms with E-state index in [4.69, 9.17) is 58.2 Å². The summed E-state index contributed by atoms with van der Waals surface area (Å²) in [5.41, 5.74) is -0.689. The fourth-order valence-electron chi connectivity index (χ4n) is 9.39. The molecule has 2 N–H and O–H groups in total. The van der Waals surface area contributed by atoms with Crippen LogP contribution < -0.4 is 0 Å². The van der Waals surface area contributed by atoms with Gasteiger partial charge in [0.15, 0.2) is 8.32 Å². The van der Waals surface area contributed by atoms with Crippen LogP contribution in [-0.4, -0.2) is 116 Å². The SMILES string of the molecule is CCC(CO)(CO)COCCC[Si](C)(C)O[Si]12O[Si]3(CC(C)C)O[Si]4(CC(C)C)O[Si]5(CC(C)C)O[Si](CC(C)C)(O3)O[Si](CC(C)C)(O[Si](CC(C)C)(O5)O[Si](CC(C)C)(O4)O1)O2. The van der Waals surface area contributed by atoms with Gasteiger partial charge >= 0.3 is 70.7 Å².